The molecule has 2 amide bonds. The highest BCUT2D eigenvalue weighted by Gasteiger charge is 2.62. The minimum Gasteiger partial charge on any atom is -0.459 e. The van der Waals surface area contributed by atoms with E-state index in [4.69, 9.17) is 9.47 Å². The fourth-order valence-electron chi connectivity index (χ4n) is 6.09. The first-order valence-corrected chi connectivity index (χ1v) is 14.0. The highest BCUT2D eigenvalue weighted by atomic mass is 16.7. The monoisotopic (exact) mass is 538 g/mol. The Bertz CT molecular complexity index is 1360. The molecule has 0 bridgehead atoms. The van der Waals surface area contributed by atoms with Crippen molar-refractivity contribution in [1.82, 2.24) is 9.80 Å². The summed E-state index contributed by atoms with van der Waals surface area (Å²) >= 11 is 0. The highest BCUT2D eigenvalue weighted by molar-refractivity contribution is 5.98. The van der Waals surface area contributed by atoms with Crippen LogP contribution in [-0.4, -0.2) is 58.2 Å². The van der Waals surface area contributed by atoms with Gasteiger partial charge in [0.1, 0.15) is 12.2 Å². The summed E-state index contributed by atoms with van der Waals surface area (Å²) in [6, 6.07) is 29.7. The van der Waals surface area contributed by atoms with Crippen LogP contribution in [-0.2, 0) is 32.0 Å². The van der Waals surface area contributed by atoms with E-state index >= 15 is 0 Å². The topological polar surface area (TPSA) is 79.3 Å². The molecule has 0 saturated carbocycles. The van der Waals surface area contributed by atoms with Crippen molar-refractivity contribution < 1.29 is 24.2 Å². The van der Waals surface area contributed by atoms with Gasteiger partial charge in [-0.3, -0.25) is 9.59 Å². The van der Waals surface area contributed by atoms with Gasteiger partial charge < -0.3 is 24.4 Å². The average molecular weight is 539 g/mol. The summed E-state index contributed by atoms with van der Waals surface area (Å²) < 4.78 is 11.8. The molecule has 3 unspecified atom stereocenters. The molecule has 0 aromatic heterocycles. The van der Waals surface area contributed by atoms with Crippen molar-refractivity contribution in [3.63, 3.8) is 0 Å². The molecule has 3 aromatic carbocycles. The number of nitrogens with zero attached hydrogens (tertiary/aromatic N) is 2. The lowest BCUT2D eigenvalue weighted by Crippen LogP contribution is -2.52. The maximum atomic E-state index is 14.0. The first-order valence-electron chi connectivity index (χ1n) is 14.0. The minimum absolute atomic E-state index is 0.00603. The number of amides is 2. The number of aliphatic hydroxyl groups is 1. The van der Waals surface area contributed by atoms with Crippen molar-refractivity contribution >= 4 is 11.8 Å². The second-order valence-electron chi connectivity index (χ2n) is 10.9. The van der Waals surface area contributed by atoms with Crippen LogP contribution in [0.25, 0.3) is 0 Å². The van der Waals surface area contributed by atoms with Gasteiger partial charge in [-0.15, -0.1) is 0 Å². The molecular formula is C33H34N2O5. The molecule has 40 heavy (non-hydrogen) atoms. The number of hydrogen-bond donors (Lipinski definition) is 1. The van der Waals surface area contributed by atoms with Gasteiger partial charge in [0.25, 0.3) is 5.91 Å². The lowest BCUT2D eigenvalue weighted by atomic mass is 9.85. The molecule has 3 aromatic rings. The number of carbonyl (C=O) groups is 2. The second kappa shape index (κ2) is 11.2. The fraction of sp³-hybridized carbons (Fsp3) is 0.333. The molecule has 3 atom stereocenters. The summed E-state index contributed by atoms with van der Waals surface area (Å²) in [7, 11) is 0. The van der Waals surface area contributed by atoms with Crippen molar-refractivity contribution in [1.29, 1.82) is 0 Å². The molecule has 6 rings (SSSR count). The van der Waals surface area contributed by atoms with Gasteiger partial charge in [-0.1, -0.05) is 91.0 Å². The summed E-state index contributed by atoms with van der Waals surface area (Å²) in [6.07, 6.45) is 2.76. The Labute approximate surface area is 234 Å². The van der Waals surface area contributed by atoms with Gasteiger partial charge in [-0.2, -0.15) is 0 Å². The van der Waals surface area contributed by atoms with Gasteiger partial charge in [0.05, 0.1) is 0 Å². The molecule has 2 saturated heterocycles. The van der Waals surface area contributed by atoms with Crippen molar-refractivity contribution in [2.45, 2.75) is 43.6 Å². The van der Waals surface area contributed by atoms with Crippen molar-refractivity contribution in [2.24, 2.45) is 5.92 Å². The Kier molecular flexibility index (Phi) is 7.30. The van der Waals surface area contributed by atoms with Crippen LogP contribution >= 0.6 is 0 Å². The zero-order valence-electron chi connectivity index (χ0n) is 22.4. The van der Waals surface area contributed by atoms with E-state index in [2.05, 4.69) is 12.1 Å². The SMILES string of the molecule is O=C(C1CN(Cc2ccccc2)C(=O)C1(O)C1=COC(Cc2ccccc2)O1)N1CCC(c2ccccc2)CC1. The Morgan fingerprint density at radius 2 is 1.48 bits per heavy atom. The molecule has 3 aliphatic heterocycles. The van der Waals surface area contributed by atoms with E-state index in [0.29, 0.717) is 32.0 Å². The number of likely N-dealkylation sites (tertiary alicyclic amines) is 2. The van der Waals surface area contributed by atoms with Gasteiger partial charge >= 0.3 is 0 Å². The number of benzene rings is 3. The third-order valence-electron chi connectivity index (χ3n) is 8.32. The molecule has 3 aliphatic rings. The van der Waals surface area contributed by atoms with E-state index in [0.717, 1.165) is 24.0 Å². The molecule has 0 radical (unpaired) electrons. The number of ether oxygens (including phenoxy) is 2. The smallest absolute Gasteiger partial charge is 0.263 e. The molecule has 3 heterocycles. The fourth-order valence-corrected chi connectivity index (χ4v) is 6.09. The summed E-state index contributed by atoms with van der Waals surface area (Å²) in [5.41, 5.74) is 1.08. The quantitative estimate of drug-likeness (QED) is 0.487. The van der Waals surface area contributed by atoms with Gasteiger partial charge in [0.15, 0.2) is 5.76 Å². The van der Waals surface area contributed by atoms with E-state index in [1.54, 1.807) is 9.80 Å². The van der Waals surface area contributed by atoms with Crippen LogP contribution in [0.1, 0.15) is 35.4 Å². The Morgan fingerprint density at radius 3 is 2.12 bits per heavy atom. The van der Waals surface area contributed by atoms with Gasteiger partial charge in [0, 0.05) is 32.6 Å². The third kappa shape index (κ3) is 5.09. The minimum atomic E-state index is -2.13. The third-order valence-corrected chi connectivity index (χ3v) is 8.32. The number of hydrogen-bond acceptors (Lipinski definition) is 5. The van der Waals surface area contributed by atoms with E-state index in [1.807, 2.05) is 78.9 Å². The van der Waals surface area contributed by atoms with Crippen molar-refractivity contribution in [3.8, 4) is 0 Å². The van der Waals surface area contributed by atoms with Crippen molar-refractivity contribution in [2.75, 3.05) is 19.6 Å². The van der Waals surface area contributed by atoms with Crippen molar-refractivity contribution in [3.05, 3.63) is 120 Å². The molecule has 0 aliphatic carbocycles. The summed E-state index contributed by atoms with van der Waals surface area (Å²) in [6.45, 7) is 1.55. The van der Waals surface area contributed by atoms with Crippen LogP contribution in [0, 0.1) is 5.92 Å². The molecular weight excluding hydrogens is 504 g/mol. The highest BCUT2D eigenvalue weighted by Crippen LogP contribution is 2.41. The summed E-state index contributed by atoms with van der Waals surface area (Å²) in [5, 5.41) is 12.1. The predicted molar refractivity (Wildman–Crippen MR) is 149 cm³/mol. The number of piperidine rings is 1. The van der Waals surface area contributed by atoms with Crippen LogP contribution in [0.15, 0.2) is 103 Å². The van der Waals surface area contributed by atoms with Crippen LogP contribution in [0.3, 0.4) is 0 Å². The lowest BCUT2D eigenvalue weighted by molar-refractivity contribution is -0.155. The molecule has 0 spiro atoms. The molecule has 2 fully saturated rings. The standard InChI is InChI=1S/C33H34N2O5/c36-31(34-18-16-27(17-19-34)26-14-8-3-9-15-26)28-22-35(21-25-12-6-2-7-13-25)32(37)33(28,38)29-23-39-30(40-29)20-24-10-4-1-5-11-24/h1-15,23,27-28,30,38H,16-22H2. The maximum absolute atomic E-state index is 14.0. The predicted octanol–water partition coefficient (Wildman–Crippen LogP) is 4.24. The number of carbonyl (C=O) groups excluding carboxylic acids is 2. The van der Waals surface area contributed by atoms with E-state index in [-0.39, 0.29) is 18.2 Å². The summed E-state index contributed by atoms with van der Waals surface area (Å²) in [5.74, 6) is -1.37. The second-order valence-corrected chi connectivity index (χ2v) is 10.9. The van der Waals surface area contributed by atoms with E-state index in [1.165, 1.54) is 11.8 Å². The van der Waals surface area contributed by atoms with E-state index < -0.39 is 23.7 Å². The van der Waals surface area contributed by atoms with Crippen LogP contribution in [0.2, 0.25) is 0 Å². The maximum Gasteiger partial charge on any atom is 0.263 e. The summed E-state index contributed by atoms with van der Waals surface area (Å²) in [4.78, 5) is 31.2. The largest absolute Gasteiger partial charge is 0.459 e. The molecule has 7 nitrogen and oxygen atoms in total. The van der Waals surface area contributed by atoms with E-state index in [9.17, 15) is 14.7 Å². The molecule has 206 valence electrons. The van der Waals surface area contributed by atoms with Gasteiger partial charge in [0.2, 0.25) is 17.8 Å². The molecule has 7 heteroatoms. The van der Waals surface area contributed by atoms with Crippen LogP contribution < -0.4 is 0 Å². The Hall–Kier alpha value is -4.10. The lowest BCUT2D eigenvalue weighted by Gasteiger charge is -2.36. The van der Waals surface area contributed by atoms with Crippen LogP contribution in [0.4, 0.5) is 0 Å². The zero-order valence-corrected chi connectivity index (χ0v) is 22.4. The van der Waals surface area contributed by atoms with Gasteiger partial charge in [-0.05, 0) is 35.4 Å². The Morgan fingerprint density at radius 1 is 0.875 bits per heavy atom. The number of rotatable bonds is 7. The normalized spacial score (nSPS) is 24.9. The average Bonchev–Trinajstić information content (AvgIpc) is 3.58. The zero-order chi connectivity index (χ0) is 27.5. The van der Waals surface area contributed by atoms with Crippen LogP contribution in [0.5, 0.6) is 0 Å². The van der Waals surface area contributed by atoms with Gasteiger partial charge in [-0.25, -0.2) is 0 Å². The first-order chi connectivity index (χ1) is 19.5. The first kappa shape index (κ1) is 26.1. The molecule has 1 N–H and O–H groups in total. The Balaban J connectivity index is 1.21.